The Kier molecular flexibility index (Phi) is 2.22. The molecule has 0 aliphatic heterocycles. The van der Waals surface area contributed by atoms with Gasteiger partial charge in [-0.15, -0.1) is 22.7 Å². The summed E-state index contributed by atoms with van der Waals surface area (Å²) in [5, 5.41) is 5.84. The fourth-order valence-corrected chi connectivity index (χ4v) is 4.08. The smallest absolute Gasteiger partial charge is 0.192 e. The molecule has 0 spiro atoms. The fraction of sp³-hybridized carbons (Fsp3) is 0. The van der Waals surface area contributed by atoms with E-state index in [0.29, 0.717) is 5.82 Å². The fourth-order valence-electron chi connectivity index (χ4n) is 1.32. The summed E-state index contributed by atoms with van der Waals surface area (Å²) in [5.41, 5.74) is 5.64. The predicted molar refractivity (Wildman–Crippen MR) is 72.3 cm³/mol. The van der Waals surface area contributed by atoms with Crippen molar-refractivity contribution in [2.24, 2.45) is 0 Å². The first kappa shape index (κ1) is 9.61. The van der Waals surface area contributed by atoms with E-state index in [0.717, 1.165) is 14.2 Å². The second-order valence-electron chi connectivity index (χ2n) is 2.97. The normalized spacial score (nSPS) is 11.3. The molecule has 3 nitrogen and oxygen atoms in total. The number of hydrogen-bond donors (Lipinski definition) is 1. The van der Waals surface area contributed by atoms with Gasteiger partial charge in [0.05, 0.1) is 4.88 Å². The van der Waals surface area contributed by atoms with Crippen LogP contribution < -0.4 is 5.73 Å². The number of fused-ring (bicyclic) bond motifs is 1. The Morgan fingerprint density at radius 3 is 2.93 bits per heavy atom. The van der Waals surface area contributed by atoms with E-state index in [1.807, 2.05) is 0 Å². The average molecular weight is 348 g/mol. The van der Waals surface area contributed by atoms with Gasteiger partial charge in [0, 0.05) is 9.40 Å². The Balaban J connectivity index is 2.21. The van der Waals surface area contributed by atoms with Gasteiger partial charge in [-0.05, 0) is 40.1 Å². The van der Waals surface area contributed by atoms with Gasteiger partial charge in [0.1, 0.15) is 3.57 Å². The van der Waals surface area contributed by atoms with Crippen LogP contribution in [-0.2, 0) is 0 Å². The van der Waals surface area contributed by atoms with E-state index in [1.54, 1.807) is 22.7 Å². The zero-order valence-corrected chi connectivity index (χ0v) is 11.1. The molecule has 2 N–H and O–H groups in total. The number of nitrogens with two attached hydrogens (primary N) is 1. The Morgan fingerprint density at radius 2 is 2.27 bits per heavy atom. The number of aromatic nitrogens is 1. The summed E-state index contributed by atoms with van der Waals surface area (Å²) < 4.78 is 8.66. The molecule has 3 aromatic rings. The maximum atomic E-state index is 5.64. The molecular weight excluding hydrogens is 343 g/mol. The molecule has 0 aromatic carbocycles. The maximum Gasteiger partial charge on any atom is 0.192 e. The van der Waals surface area contributed by atoms with Gasteiger partial charge >= 0.3 is 0 Å². The third-order valence-electron chi connectivity index (χ3n) is 2.02. The molecule has 3 rings (SSSR count). The molecule has 0 unspecified atom stereocenters. The number of hydrogen-bond acceptors (Lipinski definition) is 5. The largest absolute Gasteiger partial charge is 0.380 e. The number of rotatable bonds is 1. The van der Waals surface area contributed by atoms with Crippen molar-refractivity contribution in [3.63, 3.8) is 0 Å². The molecule has 6 heteroatoms. The SMILES string of the molecule is Nc1noc(-c2cc3sccc3s2)c1I. The van der Waals surface area contributed by atoms with Crippen molar-refractivity contribution in [1.29, 1.82) is 0 Å². The van der Waals surface area contributed by atoms with Gasteiger partial charge in [0.2, 0.25) is 0 Å². The summed E-state index contributed by atoms with van der Waals surface area (Å²) in [7, 11) is 0. The zero-order chi connectivity index (χ0) is 10.4. The van der Waals surface area contributed by atoms with Gasteiger partial charge in [0.15, 0.2) is 11.6 Å². The highest BCUT2D eigenvalue weighted by Crippen LogP contribution is 2.39. The molecule has 0 atom stereocenters. The summed E-state index contributed by atoms with van der Waals surface area (Å²) >= 11 is 5.59. The van der Waals surface area contributed by atoms with Crippen molar-refractivity contribution >= 4 is 60.5 Å². The Bertz CT molecular complexity index is 596. The quantitative estimate of drug-likeness (QED) is 0.681. The third kappa shape index (κ3) is 1.47. The van der Waals surface area contributed by atoms with E-state index >= 15 is 0 Å². The molecule has 0 fully saturated rings. The van der Waals surface area contributed by atoms with Gasteiger partial charge in [0.25, 0.3) is 0 Å². The summed E-state index contributed by atoms with van der Waals surface area (Å²) in [5.74, 6) is 1.24. The lowest BCUT2D eigenvalue weighted by Crippen LogP contribution is -1.85. The Hall–Kier alpha value is -0.600. The third-order valence-corrected chi connectivity index (χ3v) is 5.16. The molecule has 0 saturated carbocycles. The van der Waals surface area contributed by atoms with Gasteiger partial charge in [-0.25, -0.2) is 0 Å². The van der Waals surface area contributed by atoms with Crippen LogP contribution in [0.25, 0.3) is 20.0 Å². The number of halogens is 1. The van der Waals surface area contributed by atoms with Crippen LogP contribution in [0.5, 0.6) is 0 Å². The second kappa shape index (κ2) is 3.46. The van der Waals surface area contributed by atoms with Crippen LogP contribution in [0.15, 0.2) is 22.0 Å². The molecule has 3 heterocycles. The average Bonchev–Trinajstić information content (AvgIpc) is 2.82. The molecule has 0 saturated heterocycles. The highest BCUT2D eigenvalue weighted by molar-refractivity contribution is 14.1. The van der Waals surface area contributed by atoms with Crippen LogP contribution in [0.1, 0.15) is 0 Å². The first-order chi connectivity index (χ1) is 7.25. The van der Waals surface area contributed by atoms with Gasteiger partial charge < -0.3 is 10.3 Å². The van der Waals surface area contributed by atoms with Crippen LogP contribution >= 0.6 is 45.3 Å². The van der Waals surface area contributed by atoms with Gasteiger partial charge in [-0.1, -0.05) is 5.16 Å². The van der Waals surface area contributed by atoms with Crippen LogP contribution in [0, 0.1) is 3.57 Å². The van der Waals surface area contributed by atoms with Crippen LogP contribution in [-0.4, -0.2) is 5.16 Å². The lowest BCUT2D eigenvalue weighted by molar-refractivity contribution is 0.436. The lowest BCUT2D eigenvalue weighted by Gasteiger charge is -1.88. The standard InChI is InChI=1S/C9H5IN2OS2/c10-7-8(13-12-9(7)11)6-3-5-4(15-6)1-2-14-5/h1-3H,(H2,11,12). The van der Waals surface area contributed by atoms with Crippen LogP contribution in [0.3, 0.4) is 0 Å². The van der Waals surface area contributed by atoms with Crippen LogP contribution in [0.4, 0.5) is 5.82 Å². The van der Waals surface area contributed by atoms with Crippen molar-refractivity contribution in [1.82, 2.24) is 5.16 Å². The molecular formula is C9H5IN2OS2. The summed E-state index contributed by atoms with van der Waals surface area (Å²) in [6.07, 6.45) is 0. The summed E-state index contributed by atoms with van der Waals surface area (Å²) in [6, 6.07) is 4.23. The molecule has 0 aliphatic carbocycles. The lowest BCUT2D eigenvalue weighted by atomic mass is 10.3. The van der Waals surface area contributed by atoms with Crippen molar-refractivity contribution < 1.29 is 4.52 Å². The van der Waals surface area contributed by atoms with E-state index in [4.69, 9.17) is 10.3 Å². The van der Waals surface area contributed by atoms with Crippen molar-refractivity contribution in [2.45, 2.75) is 0 Å². The second-order valence-corrected chi connectivity index (χ2v) is 6.08. The van der Waals surface area contributed by atoms with E-state index in [2.05, 4.69) is 45.3 Å². The topological polar surface area (TPSA) is 52.0 Å². The van der Waals surface area contributed by atoms with Crippen molar-refractivity contribution in [3.05, 3.63) is 21.1 Å². The Labute approximate surface area is 107 Å². The monoisotopic (exact) mass is 348 g/mol. The van der Waals surface area contributed by atoms with E-state index in [1.165, 1.54) is 9.40 Å². The molecule has 0 bridgehead atoms. The minimum atomic E-state index is 0.461. The molecule has 0 aliphatic rings. The molecule has 3 aromatic heterocycles. The first-order valence-corrected chi connectivity index (χ1v) is 6.91. The zero-order valence-electron chi connectivity index (χ0n) is 7.36. The highest BCUT2D eigenvalue weighted by Gasteiger charge is 2.15. The van der Waals surface area contributed by atoms with Crippen molar-refractivity contribution in [3.8, 4) is 10.6 Å². The summed E-state index contributed by atoms with van der Waals surface area (Å²) in [6.45, 7) is 0. The van der Waals surface area contributed by atoms with E-state index < -0.39 is 0 Å². The number of anilines is 1. The van der Waals surface area contributed by atoms with Gasteiger partial charge in [-0.2, -0.15) is 0 Å². The Morgan fingerprint density at radius 1 is 1.40 bits per heavy atom. The highest BCUT2D eigenvalue weighted by atomic mass is 127. The first-order valence-electron chi connectivity index (χ1n) is 4.14. The van der Waals surface area contributed by atoms with E-state index in [9.17, 15) is 0 Å². The van der Waals surface area contributed by atoms with E-state index in [-0.39, 0.29) is 0 Å². The molecule has 76 valence electrons. The minimum absolute atomic E-state index is 0.461. The maximum absolute atomic E-state index is 5.64. The van der Waals surface area contributed by atoms with Gasteiger partial charge in [-0.3, -0.25) is 0 Å². The molecule has 0 amide bonds. The molecule has 15 heavy (non-hydrogen) atoms. The minimum Gasteiger partial charge on any atom is -0.380 e. The number of nitrogens with zero attached hydrogens (tertiary/aromatic N) is 1. The molecule has 0 radical (unpaired) electrons. The number of thiophene rings is 2. The van der Waals surface area contributed by atoms with Crippen molar-refractivity contribution in [2.75, 3.05) is 5.73 Å². The number of nitrogen functional groups attached to an aromatic ring is 1. The predicted octanol–water partition coefficient (Wildman–Crippen LogP) is 3.80. The van der Waals surface area contributed by atoms with Crippen LogP contribution in [0.2, 0.25) is 0 Å². The summed E-state index contributed by atoms with van der Waals surface area (Å²) in [4.78, 5) is 1.09.